The van der Waals surface area contributed by atoms with E-state index in [0.717, 1.165) is 0 Å². The van der Waals surface area contributed by atoms with E-state index in [1.807, 2.05) is 0 Å². The Morgan fingerprint density at radius 3 is 1.84 bits per heavy atom. The van der Waals surface area contributed by atoms with Crippen LogP contribution < -0.4 is 16.6 Å². The first kappa shape index (κ1) is 32.4. The van der Waals surface area contributed by atoms with Crippen molar-refractivity contribution in [3.8, 4) is 5.69 Å². The van der Waals surface area contributed by atoms with Crippen LogP contribution in [0.1, 0.15) is 34.6 Å². The molecular weight excluding hydrogens is 589 g/mol. The summed E-state index contributed by atoms with van der Waals surface area (Å²) in [6.07, 6.45) is 3.15. The van der Waals surface area contributed by atoms with Crippen LogP contribution in [0.3, 0.4) is 0 Å². The second kappa shape index (κ2) is 13.4. The van der Waals surface area contributed by atoms with Gasteiger partial charge >= 0.3 is 7.12 Å². The van der Waals surface area contributed by atoms with E-state index >= 15 is 0 Å². The van der Waals surface area contributed by atoms with Gasteiger partial charge in [0.1, 0.15) is 34.0 Å². The number of imidazole rings is 2. The summed E-state index contributed by atoms with van der Waals surface area (Å²) >= 11 is 0. The van der Waals surface area contributed by atoms with Gasteiger partial charge in [-0.3, -0.25) is 23.7 Å². The molecule has 0 spiro atoms. The van der Waals surface area contributed by atoms with Crippen molar-refractivity contribution in [2.45, 2.75) is 13.8 Å². The molecule has 2 aromatic carbocycles. The van der Waals surface area contributed by atoms with Crippen LogP contribution in [0.15, 0.2) is 82.9 Å². The van der Waals surface area contributed by atoms with Gasteiger partial charge in [-0.1, -0.05) is 12.1 Å². The number of benzene rings is 2. The lowest BCUT2D eigenvalue weighted by atomic mass is 9.80. The number of halogens is 2. The van der Waals surface area contributed by atoms with Crippen LogP contribution in [0.4, 0.5) is 8.78 Å². The number of fused-ring (bicyclic) bond motifs is 2. The number of aromatic nitrogens is 6. The molecule has 0 saturated heterocycles. The minimum absolute atomic E-state index is 0.0607. The van der Waals surface area contributed by atoms with Crippen molar-refractivity contribution >= 4 is 46.5 Å². The topological polar surface area (TPSA) is 165 Å². The molecule has 12 nitrogen and oxygen atoms in total. The molecule has 0 saturated carbocycles. The summed E-state index contributed by atoms with van der Waals surface area (Å²) in [6, 6.07) is 13.5. The van der Waals surface area contributed by atoms with Crippen LogP contribution in [0.5, 0.6) is 0 Å². The fourth-order valence-electron chi connectivity index (χ4n) is 4.29. The first-order valence-electron chi connectivity index (χ1n) is 13.3. The second-order valence-electron chi connectivity index (χ2n) is 9.88. The Morgan fingerprint density at radius 1 is 0.778 bits per heavy atom. The highest BCUT2D eigenvalue weighted by atomic mass is 19.1. The molecule has 0 fully saturated rings. The van der Waals surface area contributed by atoms with Crippen molar-refractivity contribution in [2.24, 2.45) is 14.1 Å². The van der Waals surface area contributed by atoms with Gasteiger partial charge in [-0.15, -0.1) is 0 Å². The monoisotopic (exact) mass is 616 g/mol. The molecule has 4 aromatic heterocycles. The van der Waals surface area contributed by atoms with E-state index in [2.05, 4.69) is 15.0 Å². The minimum Gasteiger partial charge on any atom is -0.423 e. The third-order valence-electron chi connectivity index (χ3n) is 6.59. The van der Waals surface area contributed by atoms with Crippen LogP contribution in [0.25, 0.3) is 28.0 Å². The number of hydrogen-bond donors (Lipinski definition) is 3. The minimum atomic E-state index is -1.51. The number of aromatic amines is 1. The van der Waals surface area contributed by atoms with E-state index in [0.29, 0.717) is 33.5 Å². The molecule has 0 aliphatic rings. The van der Waals surface area contributed by atoms with Crippen LogP contribution in [-0.2, 0) is 14.1 Å². The van der Waals surface area contributed by atoms with Crippen molar-refractivity contribution in [1.82, 2.24) is 28.7 Å². The fourth-order valence-corrected chi connectivity index (χ4v) is 4.29. The van der Waals surface area contributed by atoms with Gasteiger partial charge in [0.2, 0.25) is 0 Å². The van der Waals surface area contributed by atoms with Gasteiger partial charge < -0.3 is 24.2 Å². The second-order valence-corrected chi connectivity index (χ2v) is 9.88. The maximum Gasteiger partial charge on any atom is 0.488 e. The normalized spacial score (nSPS) is 10.6. The quantitative estimate of drug-likeness (QED) is 0.200. The number of aryl methyl sites for hydroxylation is 2. The Bertz CT molecular complexity index is 2130. The molecule has 15 heteroatoms. The highest BCUT2D eigenvalue weighted by molar-refractivity contribution is 6.58. The first-order valence-corrected chi connectivity index (χ1v) is 13.3. The zero-order valence-corrected chi connectivity index (χ0v) is 24.5. The third-order valence-corrected chi connectivity index (χ3v) is 6.59. The predicted molar refractivity (Wildman–Crippen MR) is 164 cm³/mol. The SMILES string of the molecule is CC(=O)c1cc2ncn(C)c2[nH]c1=O.CC(=O)c1cc2ncn(C)c2n(-c2ccc(F)cc2)c1=O.OB(O)c1ccc(F)cc1. The van der Waals surface area contributed by atoms with Gasteiger partial charge in [0.15, 0.2) is 11.6 Å². The largest absolute Gasteiger partial charge is 0.488 e. The van der Waals surface area contributed by atoms with E-state index in [9.17, 15) is 28.0 Å². The Kier molecular flexibility index (Phi) is 9.65. The van der Waals surface area contributed by atoms with E-state index in [1.165, 1.54) is 79.1 Å². The fraction of sp³-hybridized carbons (Fsp3) is 0.133. The molecule has 45 heavy (non-hydrogen) atoms. The molecule has 230 valence electrons. The molecule has 0 aliphatic heterocycles. The average molecular weight is 616 g/mol. The zero-order valence-electron chi connectivity index (χ0n) is 24.5. The summed E-state index contributed by atoms with van der Waals surface area (Å²) in [6.45, 7) is 2.69. The number of carbonyl (C=O) groups excluding carboxylic acids is 2. The summed E-state index contributed by atoms with van der Waals surface area (Å²) in [5.41, 5.74) is 2.51. The van der Waals surface area contributed by atoms with Crippen LogP contribution >= 0.6 is 0 Å². The lowest BCUT2D eigenvalue weighted by Crippen LogP contribution is -2.29. The van der Waals surface area contributed by atoms with Gasteiger partial charge in [0.25, 0.3) is 11.1 Å². The molecule has 6 rings (SSSR count). The number of rotatable bonds is 4. The summed E-state index contributed by atoms with van der Waals surface area (Å²) in [5.74, 6) is -1.36. The molecule has 0 amide bonds. The van der Waals surface area contributed by atoms with Gasteiger partial charge in [-0.25, -0.2) is 18.7 Å². The smallest absolute Gasteiger partial charge is 0.423 e. The summed E-state index contributed by atoms with van der Waals surface area (Å²) in [7, 11) is 2.02. The first-order chi connectivity index (χ1) is 21.3. The number of pyridine rings is 2. The number of nitrogens with zero attached hydrogens (tertiary/aromatic N) is 5. The molecule has 0 radical (unpaired) electrons. The lowest BCUT2D eigenvalue weighted by Gasteiger charge is -2.10. The number of H-pyrrole nitrogens is 1. The van der Waals surface area contributed by atoms with E-state index in [1.54, 1.807) is 35.9 Å². The summed E-state index contributed by atoms with van der Waals surface area (Å²) in [5, 5.41) is 17.1. The maximum atomic E-state index is 13.1. The Morgan fingerprint density at radius 2 is 1.29 bits per heavy atom. The van der Waals surface area contributed by atoms with Crippen LogP contribution in [0.2, 0.25) is 0 Å². The standard InChI is InChI=1S/C15H12FN3O2.C9H9N3O2.C6H6BFO2/c1-9(20)12-7-13-14(18(2)8-17-13)19(15(12)21)11-5-3-10(16)4-6-11;1-5(13)6-3-7-8(11-9(6)14)12(2)4-10-7;8-6-3-1-5(2-4-6)7(9)10/h3-8H,1-2H3;3-4H,1-2H3,(H,11,14);1-4,9-10H. The molecule has 6 aromatic rings. The molecular formula is C30H27BF2N6O6. The molecule has 4 heterocycles. The van der Waals surface area contributed by atoms with Crippen LogP contribution in [-0.4, -0.2) is 57.4 Å². The number of Topliss-reactive ketones (excluding diaryl/α,β-unsaturated/α-hetero) is 2. The van der Waals surface area contributed by atoms with E-state index < -0.39 is 18.5 Å². The molecule has 0 unspecified atom stereocenters. The highest BCUT2D eigenvalue weighted by Gasteiger charge is 2.17. The lowest BCUT2D eigenvalue weighted by molar-refractivity contribution is 0.100. The Hall–Kier alpha value is -5.54. The van der Waals surface area contributed by atoms with Crippen molar-refractivity contribution < 1.29 is 28.4 Å². The highest BCUT2D eigenvalue weighted by Crippen LogP contribution is 2.17. The molecule has 0 atom stereocenters. The number of hydrogen-bond acceptors (Lipinski definition) is 8. The Balaban J connectivity index is 0.000000166. The average Bonchev–Trinajstić information content (AvgIpc) is 3.55. The molecule has 0 aliphatic carbocycles. The van der Waals surface area contributed by atoms with Crippen LogP contribution in [0, 0.1) is 11.6 Å². The van der Waals surface area contributed by atoms with E-state index in [4.69, 9.17) is 10.0 Å². The zero-order chi connectivity index (χ0) is 33.0. The summed E-state index contributed by atoms with van der Waals surface area (Å²) in [4.78, 5) is 57.5. The van der Waals surface area contributed by atoms with Crippen molar-refractivity contribution in [3.05, 3.63) is 117 Å². The van der Waals surface area contributed by atoms with Gasteiger partial charge in [-0.2, -0.15) is 0 Å². The van der Waals surface area contributed by atoms with Gasteiger partial charge in [0, 0.05) is 14.1 Å². The van der Waals surface area contributed by atoms with Crippen molar-refractivity contribution in [1.29, 1.82) is 0 Å². The van der Waals surface area contributed by atoms with Gasteiger partial charge in [0.05, 0.1) is 29.5 Å². The number of carbonyl (C=O) groups is 2. The van der Waals surface area contributed by atoms with Crippen molar-refractivity contribution in [3.63, 3.8) is 0 Å². The molecule has 0 bridgehead atoms. The van der Waals surface area contributed by atoms with Gasteiger partial charge in [-0.05, 0) is 67.8 Å². The predicted octanol–water partition coefficient (Wildman–Crippen LogP) is 2.04. The van der Waals surface area contributed by atoms with E-state index in [-0.39, 0.29) is 34.1 Å². The summed E-state index contributed by atoms with van der Waals surface area (Å²) < 4.78 is 30.0. The number of ketones is 2. The molecule has 3 N–H and O–H groups in total. The number of nitrogens with one attached hydrogen (secondary N) is 1. The maximum absolute atomic E-state index is 13.1. The van der Waals surface area contributed by atoms with Crippen molar-refractivity contribution in [2.75, 3.05) is 0 Å². The Labute approximate surface area is 254 Å². The third kappa shape index (κ3) is 7.17.